The number of nitrogens with one attached hydrogen (secondary N) is 1. The number of fused-ring (bicyclic) bond motifs is 1. The third-order valence-corrected chi connectivity index (χ3v) is 6.16. The summed E-state index contributed by atoms with van der Waals surface area (Å²) in [5.41, 5.74) is 2.89. The second-order valence-corrected chi connectivity index (χ2v) is 9.13. The van der Waals surface area contributed by atoms with Crippen molar-refractivity contribution in [2.24, 2.45) is 0 Å². The van der Waals surface area contributed by atoms with Gasteiger partial charge >= 0.3 is 6.03 Å². The Morgan fingerprint density at radius 3 is 2.55 bits per heavy atom. The molecule has 0 fully saturated rings. The van der Waals surface area contributed by atoms with Crippen molar-refractivity contribution in [2.75, 3.05) is 17.3 Å². The molecule has 0 bridgehead atoms. The summed E-state index contributed by atoms with van der Waals surface area (Å²) in [4.78, 5) is 13.0. The van der Waals surface area contributed by atoms with Crippen LogP contribution in [0.5, 0.6) is 17.2 Å². The molecule has 2 aromatic heterocycles. The van der Waals surface area contributed by atoms with Gasteiger partial charge in [-0.3, -0.25) is 4.90 Å². The van der Waals surface area contributed by atoms with Gasteiger partial charge in [0.2, 0.25) is 0 Å². The van der Waals surface area contributed by atoms with E-state index < -0.39 is 16.8 Å². The van der Waals surface area contributed by atoms with Crippen LogP contribution in [-0.4, -0.2) is 27.7 Å². The van der Waals surface area contributed by atoms with Gasteiger partial charge in [0, 0.05) is 17.8 Å². The molecule has 10 heteroatoms. The molecule has 1 N–H and O–H groups in total. The summed E-state index contributed by atoms with van der Waals surface area (Å²) in [5, 5.41) is 6.91. The van der Waals surface area contributed by atoms with Gasteiger partial charge in [-0.2, -0.15) is 5.10 Å². The Morgan fingerprint density at radius 1 is 1.00 bits per heavy atom. The maximum atomic E-state index is 15.1. The van der Waals surface area contributed by atoms with Crippen LogP contribution < -0.4 is 19.7 Å². The van der Waals surface area contributed by atoms with Gasteiger partial charge in [0.25, 0.3) is 0 Å². The van der Waals surface area contributed by atoms with Crippen LogP contribution in [0.1, 0.15) is 0 Å². The van der Waals surface area contributed by atoms with E-state index >= 15 is 4.39 Å². The standard InChI is InChI=1S/C28H21Cl2FN4O3/c1-37-26-20(18-7-3-2-4-8-18)9-5-10-22(26)33-28(36)35(27(29)30)19-12-13-24(21(31)17-19)38-25-11-6-16-34-23(25)14-15-32-34/h2-17,27H,1H3,(H,33,36). The quantitative estimate of drug-likeness (QED) is 0.166. The van der Waals surface area contributed by atoms with Gasteiger partial charge < -0.3 is 14.8 Å². The van der Waals surface area contributed by atoms with E-state index in [1.807, 2.05) is 36.4 Å². The smallest absolute Gasteiger partial charge is 0.328 e. The summed E-state index contributed by atoms with van der Waals surface area (Å²) < 4.78 is 28.1. The highest BCUT2D eigenvalue weighted by molar-refractivity contribution is 6.47. The number of aromatic nitrogens is 2. The number of urea groups is 1. The number of rotatable bonds is 7. The fourth-order valence-electron chi connectivity index (χ4n) is 4.05. The molecule has 0 spiro atoms. The molecular weight excluding hydrogens is 530 g/mol. The Kier molecular flexibility index (Phi) is 7.35. The van der Waals surface area contributed by atoms with Crippen LogP contribution in [0.3, 0.4) is 0 Å². The summed E-state index contributed by atoms with van der Waals surface area (Å²) in [6.45, 7) is 0. The van der Waals surface area contributed by atoms with Gasteiger partial charge in [-0.1, -0.05) is 65.7 Å². The molecule has 0 aliphatic heterocycles. The molecule has 2 amide bonds. The Hall–Kier alpha value is -4.27. The third kappa shape index (κ3) is 5.09. The Labute approximate surface area is 227 Å². The summed E-state index contributed by atoms with van der Waals surface area (Å²) in [7, 11) is 1.51. The largest absolute Gasteiger partial charge is 0.494 e. The number of nitrogens with zero attached hydrogens (tertiary/aromatic N) is 3. The van der Waals surface area contributed by atoms with Crippen molar-refractivity contribution in [3.05, 3.63) is 103 Å². The number of methoxy groups -OCH3 is 1. The maximum absolute atomic E-state index is 15.1. The minimum Gasteiger partial charge on any atom is -0.494 e. The Morgan fingerprint density at radius 2 is 1.82 bits per heavy atom. The number of alkyl halides is 2. The van der Waals surface area contributed by atoms with Gasteiger partial charge in [0.1, 0.15) is 11.3 Å². The number of hydrogen-bond acceptors (Lipinski definition) is 4. The van der Waals surface area contributed by atoms with Crippen LogP contribution in [0.4, 0.5) is 20.6 Å². The number of halogens is 3. The molecule has 38 heavy (non-hydrogen) atoms. The van der Waals surface area contributed by atoms with Crippen LogP contribution in [-0.2, 0) is 0 Å². The fourth-order valence-corrected chi connectivity index (χ4v) is 4.45. The molecule has 0 aliphatic carbocycles. The predicted molar refractivity (Wildman–Crippen MR) is 147 cm³/mol. The molecule has 7 nitrogen and oxygen atoms in total. The summed E-state index contributed by atoms with van der Waals surface area (Å²) in [6, 6.07) is 23.5. The maximum Gasteiger partial charge on any atom is 0.328 e. The van der Waals surface area contributed by atoms with Crippen molar-refractivity contribution in [1.82, 2.24) is 9.61 Å². The lowest BCUT2D eigenvalue weighted by Crippen LogP contribution is -2.38. The van der Waals surface area contributed by atoms with Crippen molar-refractivity contribution in [3.8, 4) is 28.4 Å². The van der Waals surface area contributed by atoms with Crippen molar-refractivity contribution in [1.29, 1.82) is 0 Å². The molecular formula is C28H21Cl2FN4O3. The molecule has 5 rings (SSSR count). The number of pyridine rings is 1. The van der Waals surface area contributed by atoms with E-state index in [1.54, 1.807) is 47.2 Å². The van der Waals surface area contributed by atoms with Crippen LogP contribution in [0.2, 0.25) is 0 Å². The van der Waals surface area contributed by atoms with E-state index in [2.05, 4.69) is 10.4 Å². The zero-order chi connectivity index (χ0) is 26.6. The second-order valence-electron chi connectivity index (χ2n) is 8.08. The first-order valence-electron chi connectivity index (χ1n) is 11.5. The lowest BCUT2D eigenvalue weighted by atomic mass is 10.0. The monoisotopic (exact) mass is 550 g/mol. The lowest BCUT2D eigenvalue weighted by Gasteiger charge is -2.25. The minimum absolute atomic E-state index is 0.0404. The molecule has 192 valence electrons. The lowest BCUT2D eigenvalue weighted by molar-refractivity contribution is 0.257. The van der Waals surface area contributed by atoms with Crippen LogP contribution in [0, 0.1) is 5.82 Å². The number of amides is 2. The van der Waals surface area contributed by atoms with E-state index in [4.69, 9.17) is 32.7 Å². The number of para-hydroxylation sites is 1. The third-order valence-electron chi connectivity index (χ3n) is 5.77. The topological polar surface area (TPSA) is 68.1 Å². The average molecular weight is 551 g/mol. The highest BCUT2D eigenvalue weighted by atomic mass is 35.5. The number of carbonyl (C=O) groups is 1. The zero-order valence-corrected chi connectivity index (χ0v) is 21.5. The van der Waals surface area contributed by atoms with Gasteiger partial charge in [-0.25, -0.2) is 13.7 Å². The van der Waals surface area contributed by atoms with E-state index in [9.17, 15) is 4.79 Å². The highest BCUT2D eigenvalue weighted by Gasteiger charge is 2.25. The molecule has 0 saturated heterocycles. The first kappa shape index (κ1) is 25.4. The summed E-state index contributed by atoms with van der Waals surface area (Å²) in [5.74, 6) is 0.127. The highest BCUT2D eigenvalue weighted by Crippen LogP contribution is 2.37. The first-order chi connectivity index (χ1) is 18.5. The molecule has 5 aromatic rings. The van der Waals surface area contributed by atoms with Crippen LogP contribution >= 0.6 is 23.2 Å². The average Bonchev–Trinajstić information content (AvgIpc) is 3.40. The van der Waals surface area contributed by atoms with E-state index in [-0.39, 0.29) is 11.4 Å². The number of ether oxygens (including phenoxy) is 2. The zero-order valence-electron chi connectivity index (χ0n) is 20.0. The molecule has 0 saturated carbocycles. The van der Waals surface area contributed by atoms with E-state index in [1.165, 1.54) is 19.2 Å². The second kappa shape index (κ2) is 11.0. The van der Waals surface area contributed by atoms with Crippen LogP contribution in [0.25, 0.3) is 16.6 Å². The Balaban J connectivity index is 1.41. The van der Waals surface area contributed by atoms with Crippen molar-refractivity contribution >= 4 is 46.1 Å². The number of hydrogen-bond donors (Lipinski definition) is 1. The SMILES string of the molecule is COc1c(NC(=O)N(c2ccc(Oc3cccn4nccc34)c(F)c2)C(Cl)Cl)cccc1-c1ccccc1. The molecule has 0 unspecified atom stereocenters. The molecule has 2 heterocycles. The van der Waals surface area contributed by atoms with Crippen molar-refractivity contribution < 1.29 is 18.7 Å². The summed E-state index contributed by atoms with van der Waals surface area (Å²) >= 11 is 12.3. The van der Waals surface area contributed by atoms with Crippen LogP contribution in [0.15, 0.2) is 97.3 Å². The van der Waals surface area contributed by atoms with Crippen molar-refractivity contribution in [3.63, 3.8) is 0 Å². The normalized spacial score (nSPS) is 11.0. The molecule has 0 atom stereocenters. The molecule has 0 radical (unpaired) electrons. The Bertz CT molecular complexity index is 1590. The minimum atomic E-state index is -1.31. The summed E-state index contributed by atoms with van der Waals surface area (Å²) in [6.07, 6.45) is 3.37. The van der Waals surface area contributed by atoms with Gasteiger partial charge in [-0.05, 0) is 42.0 Å². The van der Waals surface area contributed by atoms with Crippen molar-refractivity contribution in [2.45, 2.75) is 4.96 Å². The predicted octanol–water partition coefficient (Wildman–Crippen LogP) is 7.74. The fraction of sp³-hybridized carbons (Fsp3) is 0.0714. The molecule has 3 aromatic carbocycles. The number of anilines is 2. The molecule has 0 aliphatic rings. The van der Waals surface area contributed by atoms with Gasteiger partial charge in [0.05, 0.1) is 24.7 Å². The van der Waals surface area contributed by atoms with E-state index in [0.29, 0.717) is 22.7 Å². The number of carbonyl (C=O) groups excluding carboxylic acids is 1. The first-order valence-corrected chi connectivity index (χ1v) is 12.3. The van der Waals surface area contributed by atoms with Gasteiger partial charge in [-0.15, -0.1) is 0 Å². The van der Waals surface area contributed by atoms with E-state index in [0.717, 1.165) is 22.1 Å². The van der Waals surface area contributed by atoms with Gasteiger partial charge in [0.15, 0.2) is 22.3 Å². The number of benzene rings is 3.